The second-order valence-electron chi connectivity index (χ2n) is 7.78. The number of aromatic nitrogens is 2. The van der Waals surface area contributed by atoms with E-state index in [1.807, 2.05) is 44.2 Å². The first-order valence-corrected chi connectivity index (χ1v) is 11.9. The molecule has 4 rings (SSSR count). The Hall–Kier alpha value is -3.56. The third-order valence-electron chi connectivity index (χ3n) is 5.27. The molecule has 0 radical (unpaired) electrons. The Balaban J connectivity index is 1.79. The Morgan fingerprint density at radius 1 is 1.20 bits per heavy atom. The summed E-state index contributed by atoms with van der Waals surface area (Å²) in [7, 11) is 0. The van der Waals surface area contributed by atoms with E-state index in [0.717, 1.165) is 15.6 Å². The number of ether oxygens (including phenoxy) is 1. The molecular formula is C25H20BrClN4O4. The minimum atomic E-state index is -0.563. The van der Waals surface area contributed by atoms with Gasteiger partial charge in [0.05, 0.1) is 22.0 Å². The molecule has 1 heterocycles. The second kappa shape index (κ2) is 10.4. The molecule has 0 spiro atoms. The number of fused-ring (bicyclic) bond motifs is 1. The summed E-state index contributed by atoms with van der Waals surface area (Å²) in [4.78, 5) is 28.9. The van der Waals surface area contributed by atoms with E-state index in [-0.39, 0.29) is 34.2 Å². The van der Waals surface area contributed by atoms with Gasteiger partial charge < -0.3 is 4.74 Å². The lowest BCUT2D eigenvalue weighted by Gasteiger charge is -2.11. The molecule has 0 bridgehead atoms. The number of nitro benzene ring substituents is 1. The first kappa shape index (κ1) is 24.6. The highest BCUT2D eigenvalue weighted by Crippen LogP contribution is 2.34. The van der Waals surface area contributed by atoms with Gasteiger partial charge in [0.25, 0.3) is 5.56 Å². The largest absolute Gasteiger partial charge is 0.481 e. The van der Waals surface area contributed by atoms with Crippen molar-refractivity contribution in [3.05, 3.63) is 107 Å². The van der Waals surface area contributed by atoms with Gasteiger partial charge in [0.2, 0.25) is 5.75 Å². The summed E-state index contributed by atoms with van der Waals surface area (Å²) >= 11 is 9.53. The zero-order valence-corrected chi connectivity index (χ0v) is 21.2. The van der Waals surface area contributed by atoms with E-state index in [2.05, 4.69) is 26.0 Å². The summed E-state index contributed by atoms with van der Waals surface area (Å²) in [5, 5.41) is 16.6. The number of rotatable bonds is 7. The maximum atomic E-state index is 13.2. The monoisotopic (exact) mass is 554 g/mol. The molecular weight excluding hydrogens is 536 g/mol. The van der Waals surface area contributed by atoms with E-state index in [1.54, 1.807) is 12.1 Å². The second-order valence-corrected chi connectivity index (χ2v) is 9.13. The molecule has 0 aliphatic carbocycles. The molecule has 8 nitrogen and oxygen atoms in total. The topological polar surface area (TPSA) is 99.6 Å². The van der Waals surface area contributed by atoms with Crippen LogP contribution in [-0.4, -0.2) is 20.8 Å². The molecule has 0 fully saturated rings. The van der Waals surface area contributed by atoms with Gasteiger partial charge in [0, 0.05) is 27.5 Å². The van der Waals surface area contributed by atoms with Crippen LogP contribution in [0.4, 0.5) is 5.69 Å². The van der Waals surface area contributed by atoms with Gasteiger partial charge in [-0.05, 0) is 36.8 Å². The number of aryl methyl sites for hydroxylation is 2. The third kappa shape index (κ3) is 5.41. The minimum absolute atomic E-state index is 0.00585. The molecule has 4 aromatic rings. The normalized spacial score (nSPS) is 11.3. The lowest BCUT2D eigenvalue weighted by Crippen LogP contribution is -2.22. The molecule has 0 saturated carbocycles. The molecule has 0 atom stereocenters. The minimum Gasteiger partial charge on any atom is -0.481 e. The van der Waals surface area contributed by atoms with E-state index in [9.17, 15) is 14.9 Å². The van der Waals surface area contributed by atoms with Crippen LogP contribution in [0.15, 0.2) is 69.0 Å². The van der Waals surface area contributed by atoms with Crippen molar-refractivity contribution < 1.29 is 9.66 Å². The van der Waals surface area contributed by atoms with Crippen LogP contribution >= 0.6 is 27.5 Å². The maximum absolute atomic E-state index is 13.2. The molecule has 0 saturated heterocycles. The van der Waals surface area contributed by atoms with Crippen molar-refractivity contribution in [2.75, 3.05) is 0 Å². The van der Waals surface area contributed by atoms with E-state index in [1.165, 1.54) is 23.0 Å². The summed E-state index contributed by atoms with van der Waals surface area (Å²) in [5.74, 6) is 0.450. The number of hydrogen-bond acceptors (Lipinski definition) is 6. The zero-order chi connectivity index (χ0) is 25.1. The SMILES string of the molecule is CCc1nc2ccc(Br)cc2c(=O)n1N=Cc1cc(Cl)cc([N+](=O)[O-])c1OCc1ccc(C)cc1. The molecule has 0 aliphatic heterocycles. The molecule has 0 aliphatic rings. The first-order chi connectivity index (χ1) is 16.8. The van der Waals surface area contributed by atoms with E-state index in [0.29, 0.717) is 23.1 Å². The van der Waals surface area contributed by atoms with Crippen molar-refractivity contribution in [3.63, 3.8) is 0 Å². The highest BCUT2D eigenvalue weighted by atomic mass is 79.9. The molecule has 0 amide bonds. The van der Waals surface area contributed by atoms with Gasteiger partial charge in [-0.1, -0.05) is 64.3 Å². The van der Waals surface area contributed by atoms with Crippen molar-refractivity contribution in [1.29, 1.82) is 0 Å². The number of nitrogens with zero attached hydrogens (tertiary/aromatic N) is 4. The van der Waals surface area contributed by atoms with Gasteiger partial charge in [-0.3, -0.25) is 14.9 Å². The van der Waals surface area contributed by atoms with Gasteiger partial charge in [-0.15, -0.1) is 0 Å². The van der Waals surface area contributed by atoms with Crippen LogP contribution in [0.3, 0.4) is 0 Å². The van der Waals surface area contributed by atoms with E-state index in [4.69, 9.17) is 16.3 Å². The Kier molecular flexibility index (Phi) is 7.28. The van der Waals surface area contributed by atoms with Crippen LogP contribution in [0, 0.1) is 17.0 Å². The summed E-state index contributed by atoms with van der Waals surface area (Å²) in [6, 6.07) is 15.6. The Morgan fingerprint density at radius 3 is 2.63 bits per heavy atom. The molecule has 35 heavy (non-hydrogen) atoms. The fourth-order valence-electron chi connectivity index (χ4n) is 3.49. The molecule has 0 N–H and O–H groups in total. The zero-order valence-electron chi connectivity index (χ0n) is 18.9. The number of hydrogen-bond donors (Lipinski definition) is 0. The number of halogens is 2. The Bertz CT molecular complexity index is 1520. The molecule has 3 aromatic carbocycles. The van der Waals surface area contributed by atoms with Crippen molar-refractivity contribution in [3.8, 4) is 5.75 Å². The van der Waals surface area contributed by atoms with Crippen molar-refractivity contribution in [2.45, 2.75) is 26.9 Å². The lowest BCUT2D eigenvalue weighted by molar-refractivity contribution is -0.385. The van der Waals surface area contributed by atoms with Crippen LogP contribution in [0.5, 0.6) is 5.75 Å². The molecule has 10 heteroatoms. The molecule has 0 unspecified atom stereocenters. The van der Waals surface area contributed by atoms with Gasteiger partial charge in [-0.25, -0.2) is 4.98 Å². The van der Waals surface area contributed by atoms with Crippen molar-refractivity contribution in [2.24, 2.45) is 5.10 Å². The summed E-state index contributed by atoms with van der Waals surface area (Å²) in [6.45, 7) is 3.93. The average Bonchev–Trinajstić information content (AvgIpc) is 2.83. The average molecular weight is 556 g/mol. The van der Waals surface area contributed by atoms with Gasteiger partial charge in [0.1, 0.15) is 12.4 Å². The van der Waals surface area contributed by atoms with Crippen LogP contribution < -0.4 is 10.3 Å². The number of nitro groups is 1. The predicted molar refractivity (Wildman–Crippen MR) is 140 cm³/mol. The summed E-state index contributed by atoms with van der Waals surface area (Å²) in [5.41, 5.74) is 2.10. The van der Waals surface area contributed by atoms with Crippen LogP contribution in [0.1, 0.15) is 29.4 Å². The number of benzene rings is 3. The fourth-order valence-corrected chi connectivity index (χ4v) is 4.07. The lowest BCUT2D eigenvalue weighted by atomic mass is 10.1. The predicted octanol–water partition coefficient (Wildman–Crippen LogP) is 6.05. The van der Waals surface area contributed by atoms with E-state index < -0.39 is 4.92 Å². The third-order valence-corrected chi connectivity index (χ3v) is 5.98. The van der Waals surface area contributed by atoms with Crippen molar-refractivity contribution >= 4 is 50.3 Å². The maximum Gasteiger partial charge on any atom is 0.313 e. The van der Waals surface area contributed by atoms with Gasteiger partial charge in [-0.2, -0.15) is 9.78 Å². The van der Waals surface area contributed by atoms with Crippen LogP contribution in [-0.2, 0) is 13.0 Å². The van der Waals surface area contributed by atoms with Crippen LogP contribution in [0.25, 0.3) is 10.9 Å². The Morgan fingerprint density at radius 2 is 1.94 bits per heavy atom. The molecule has 178 valence electrons. The Labute approximate surface area is 214 Å². The first-order valence-electron chi connectivity index (χ1n) is 10.7. The van der Waals surface area contributed by atoms with Gasteiger partial charge in [0.15, 0.2) is 0 Å². The highest BCUT2D eigenvalue weighted by molar-refractivity contribution is 9.10. The van der Waals surface area contributed by atoms with Crippen LogP contribution in [0.2, 0.25) is 5.02 Å². The molecule has 1 aromatic heterocycles. The van der Waals surface area contributed by atoms with E-state index >= 15 is 0 Å². The van der Waals surface area contributed by atoms with Gasteiger partial charge >= 0.3 is 5.69 Å². The quantitative estimate of drug-likeness (QED) is 0.157. The summed E-state index contributed by atoms with van der Waals surface area (Å²) < 4.78 is 7.79. The van der Waals surface area contributed by atoms with Crippen molar-refractivity contribution in [1.82, 2.24) is 9.66 Å². The summed E-state index contributed by atoms with van der Waals surface area (Å²) in [6.07, 6.45) is 1.78. The fraction of sp³-hybridized carbons (Fsp3) is 0.160. The smallest absolute Gasteiger partial charge is 0.313 e. The standard InChI is InChI=1S/C25H20BrClN4O4/c1-3-23-29-21-9-8-18(26)11-20(21)25(32)30(23)28-13-17-10-19(27)12-22(31(33)34)24(17)35-14-16-6-4-15(2)5-7-16/h4-13H,3,14H2,1-2H3. The highest BCUT2D eigenvalue weighted by Gasteiger charge is 2.21.